The zero-order chi connectivity index (χ0) is 37.5. The highest BCUT2D eigenvalue weighted by atomic mass is 16.6. The Hall–Kier alpha value is -3.28. The maximum atomic E-state index is 13.4. The number of Topliss-reactive ketones (excluding diaryl/α,β-unsaturated/α-hetero) is 1. The topological polar surface area (TPSA) is 139 Å². The summed E-state index contributed by atoms with van der Waals surface area (Å²) in [5.41, 5.74) is 3.52. The van der Waals surface area contributed by atoms with Crippen LogP contribution in [0.25, 0.3) is 5.57 Å². The molecule has 0 atom stereocenters. The molecular weight excluding hydrogens is 700 g/mol. The summed E-state index contributed by atoms with van der Waals surface area (Å²) in [4.78, 5) is 15.6. The van der Waals surface area contributed by atoms with Crippen LogP contribution in [0.2, 0.25) is 0 Å². The normalized spacial score (nSPS) is 23.0. The lowest BCUT2D eigenvalue weighted by atomic mass is 9.80. The van der Waals surface area contributed by atoms with E-state index >= 15 is 0 Å². The van der Waals surface area contributed by atoms with E-state index in [9.17, 15) is 9.90 Å². The Morgan fingerprint density at radius 1 is 0.463 bits per heavy atom. The molecule has 0 radical (unpaired) electrons. The summed E-state index contributed by atoms with van der Waals surface area (Å²) in [7, 11) is 0. The van der Waals surface area contributed by atoms with E-state index in [0.29, 0.717) is 169 Å². The summed E-state index contributed by atoms with van der Waals surface area (Å²) in [6.07, 6.45) is 7.53. The molecule has 5 rings (SSSR count). The van der Waals surface area contributed by atoms with E-state index in [4.69, 9.17) is 47.4 Å². The fourth-order valence-corrected chi connectivity index (χ4v) is 6.00. The molecule has 2 aliphatic carbocycles. The van der Waals surface area contributed by atoms with Gasteiger partial charge in [0.2, 0.25) is 0 Å². The van der Waals surface area contributed by atoms with Gasteiger partial charge in [-0.25, -0.2) is 4.58 Å². The van der Waals surface area contributed by atoms with Gasteiger partial charge in [0.15, 0.2) is 24.6 Å². The average molecular weight is 757 g/mol. The Morgan fingerprint density at radius 3 is 1.22 bits per heavy atom. The monoisotopic (exact) mass is 756 g/mol. The molecule has 14 nitrogen and oxygen atoms in total. The van der Waals surface area contributed by atoms with Crippen LogP contribution in [0.4, 0.5) is 5.69 Å². The maximum Gasteiger partial charge on any atom is 0.200 e. The molecule has 0 amide bonds. The lowest BCUT2D eigenvalue weighted by Crippen LogP contribution is -2.32. The number of carbonyl (C=O) groups is 1. The van der Waals surface area contributed by atoms with Gasteiger partial charge < -0.3 is 57.4 Å². The van der Waals surface area contributed by atoms with E-state index in [1.54, 1.807) is 0 Å². The van der Waals surface area contributed by atoms with Crippen LogP contribution in [0.15, 0.2) is 65.5 Å². The Kier molecular flexibility index (Phi) is 19.4. The Bertz CT molecular complexity index is 1380. The van der Waals surface area contributed by atoms with Gasteiger partial charge in [-0.3, -0.25) is 4.79 Å². The van der Waals surface area contributed by atoms with Crippen molar-refractivity contribution in [3.8, 4) is 0 Å². The van der Waals surface area contributed by atoms with Crippen molar-refractivity contribution in [2.24, 2.45) is 0 Å². The molecule has 0 saturated carbocycles. The fraction of sp³-hybridized carbons (Fsp3) is 0.600. The van der Waals surface area contributed by atoms with Crippen LogP contribution < -0.4 is 10.0 Å². The van der Waals surface area contributed by atoms with Crippen LogP contribution in [0.1, 0.15) is 5.56 Å². The molecule has 54 heavy (non-hydrogen) atoms. The van der Waals surface area contributed by atoms with Crippen molar-refractivity contribution >= 4 is 22.8 Å². The predicted octanol–water partition coefficient (Wildman–Crippen LogP) is 1.22. The predicted molar refractivity (Wildman–Crippen MR) is 199 cm³/mol. The molecule has 14 heteroatoms. The maximum absolute atomic E-state index is 13.4. The van der Waals surface area contributed by atoms with Gasteiger partial charge >= 0.3 is 0 Å². The molecule has 0 spiro atoms. The molecule has 0 aromatic heterocycles. The molecule has 0 N–H and O–H groups in total. The molecule has 298 valence electrons. The summed E-state index contributed by atoms with van der Waals surface area (Å²) < 4.78 is 58.6. The van der Waals surface area contributed by atoms with Gasteiger partial charge in [0, 0.05) is 42.1 Å². The number of hydrogen-bond donors (Lipinski definition) is 0. The minimum Gasteiger partial charge on any atom is -0.871 e. The first-order chi connectivity index (χ1) is 26.7. The number of ether oxygens (including phenoxy) is 10. The highest BCUT2D eigenvalue weighted by molar-refractivity contribution is 6.39. The van der Waals surface area contributed by atoms with E-state index in [0.717, 1.165) is 11.4 Å². The molecule has 2 saturated heterocycles. The third-order valence-corrected chi connectivity index (χ3v) is 8.95. The van der Waals surface area contributed by atoms with E-state index in [1.165, 1.54) is 0 Å². The number of anilines is 1. The van der Waals surface area contributed by atoms with Crippen molar-refractivity contribution in [2.75, 3.05) is 163 Å². The van der Waals surface area contributed by atoms with Crippen molar-refractivity contribution < 1.29 is 61.8 Å². The van der Waals surface area contributed by atoms with Crippen LogP contribution in [0.3, 0.4) is 0 Å². The Morgan fingerprint density at radius 2 is 0.833 bits per heavy atom. The first-order valence-corrected chi connectivity index (χ1v) is 19.0. The van der Waals surface area contributed by atoms with Crippen LogP contribution >= 0.6 is 0 Å². The van der Waals surface area contributed by atoms with Crippen LogP contribution in [0, 0.1) is 0 Å². The quantitative estimate of drug-likeness (QED) is 0.316. The highest BCUT2D eigenvalue weighted by Gasteiger charge is 2.31. The molecule has 4 aliphatic rings. The molecule has 0 bridgehead atoms. The number of carbonyl (C=O) groups excluding carboxylic acids is 1. The molecular formula is C40H56N2O12. The zero-order valence-corrected chi connectivity index (χ0v) is 31.4. The van der Waals surface area contributed by atoms with Crippen molar-refractivity contribution in [3.63, 3.8) is 0 Å². The highest BCUT2D eigenvalue weighted by Crippen LogP contribution is 2.37. The second-order valence-corrected chi connectivity index (χ2v) is 12.6. The summed E-state index contributed by atoms with van der Waals surface area (Å²) in [5.74, 6) is -0.492. The smallest absolute Gasteiger partial charge is 0.200 e. The first kappa shape index (κ1) is 41.9. The molecule has 2 heterocycles. The molecule has 1 aromatic rings. The summed E-state index contributed by atoms with van der Waals surface area (Å²) >= 11 is 0. The van der Waals surface area contributed by atoms with E-state index in [2.05, 4.69) is 9.48 Å². The van der Waals surface area contributed by atoms with Gasteiger partial charge in [0.1, 0.15) is 13.2 Å². The van der Waals surface area contributed by atoms with Gasteiger partial charge in [-0.2, -0.15) is 0 Å². The third-order valence-electron chi connectivity index (χ3n) is 8.95. The summed E-state index contributed by atoms with van der Waals surface area (Å²) in [6, 6.07) is 7.53. The van der Waals surface area contributed by atoms with Crippen LogP contribution in [-0.4, -0.2) is 174 Å². The van der Waals surface area contributed by atoms with Crippen molar-refractivity contribution in [2.45, 2.75) is 0 Å². The number of ketones is 1. The summed E-state index contributed by atoms with van der Waals surface area (Å²) in [6.45, 7) is 12.7. The van der Waals surface area contributed by atoms with Crippen molar-refractivity contribution in [1.82, 2.24) is 0 Å². The lowest BCUT2D eigenvalue weighted by molar-refractivity contribution is -0.532. The van der Waals surface area contributed by atoms with Gasteiger partial charge in [-0.1, -0.05) is 17.9 Å². The number of benzene rings is 1. The molecule has 1 aromatic carbocycles. The molecule has 2 aliphatic heterocycles. The Labute approximate surface area is 318 Å². The van der Waals surface area contributed by atoms with Crippen LogP contribution in [-0.2, 0) is 52.2 Å². The van der Waals surface area contributed by atoms with Crippen molar-refractivity contribution in [1.29, 1.82) is 0 Å². The lowest BCUT2D eigenvalue weighted by Gasteiger charge is -2.32. The van der Waals surface area contributed by atoms with Gasteiger partial charge in [0.25, 0.3) is 0 Å². The standard InChI is InChI=1S/C40H56N2O12/c43-39-37(33-1-5-35(6-2-33)41-9-13-45-17-21-49-25-29-53-30-26-50-22-18-46-14-10-41)40(44)38(39)34-3-7-36(8-4-34)42-11-15-47-19-23-51-27-31-54-32-28-52-24-20-48-16-12-42/h1-8H,9-32H2. The summed E-state index contributed by atoms with van der Waals surface area (Å²) in [5, 5.41) is 13.4. The second kappa shape index (κ2) is 25.0. The first-order valence-electron chi connectivity index (χ1n) is 19.0. The molecule has 2 fully saturated rings. The number of rotatable bonds is 2. The third kappa shape index (κ3) is 14.1. The zero-order valence-electron chi connectivity index (χ0n) is 31.4. The largest absolute Gasteiger partial charge is 0.871 e. The minimum absolute atomic E-state index is 0.208. The van der Waals surface area contributed by atoms with Gasteiger partial charge in [-0.15, -0.1) is 0 Å². The SMILES string of the molecule is O=C1C(=C2C=CC(=[N+]3CCOCCOCCOCCOCCOCC3)C=C2)C([O-])=C1c1ccc(N2CCOCCOCCOCCOCCOCC2)cc1. The van der Waals surface area contributed by atoms with E-state index < -0.39 is 0 Å². The number of nitrogens with zero attached hydrogens (tertiary/aromatic N) is 2. The van der Waals surface area contributed by atoms with Gasteiger partial charge in [0.05, 0.1) is 119 Å². The van der Waals surface area contributed by atoms with E-state index in [1.807, 2.05) is 48.6 Å². The Balaban J connectivity index is 1.19. The fourth-order valence-electron chi connectivity index (χ4n) is 6.00. The number of hydrogen-bond acceptors (Lipinski definition) is 13. The van der Waals surface area contributed by atoms with Gasteiger partial charge in [-0.05, 0) is 35.4 Å². The van der Waals surface area contributed by atoms with Crippen molar-refractivity contribution in [3.05, 3.63) is 71.0 Å². The van der Waals surface area contributed by atoms with Crippen LogP contribution in [0.5, 0.6) is 0 Å². The minimum atomic E-state index is -0.246. The second-order valence-electron chi connectivity index (χ2n) is 12.6. The molecule has 0 unspecified atom stereocenters. The number of allylic oxidation sites excluding steroid dienone is 7. The average Bonchev–Trinajstić information content (AvgIpc) is 3.18. The van der Waals surface area contributed by atoms with E-state index in [-0.39, 0.29) is 22.7 Å².